The summed E-state index contributed by atoms with van der Waals surface area (Å²) < 4.78 is 10.4. The van der Waals surface area contributed by atoms with Gasteiger partial charge in [-0.15, -0.1) is 0 Å². The molecule has 2 N–H and O–H groups in total. The molecule has 7 nitrogen and oxygen atoms in total. The van der Waals surface area contributed by atoms with E-state index in [1.807, 2.05) is 0 Å². The molecule has 1 aliphatic rings. The molecule has 1 saturated carbocycles. The molecular weight excluding hydrogens is 348 g/mol. The predicted octanol–water partition coefficient (Wildman–Crippen LogP) is 3.05. The Morgan fingerprint density at radius 2 is 1.85 bits per heavy atom. The normalized spacial score (nSPS) is 20.6. The molecule has 27 heavy (non-hydrogen) atoms. The lowest BCUT2D eigenvalue weighted by molar-refractivity contribution is -0.130. The molecule has 1 amide bonds. The number of amides is 1. The van der Waals surface area contributed by atoms with E-state index in [0.29, 0.717) is 22.7 Å². The van der Waals surface area contributed by atoms with Gasteiger partial charge in [-0.2, -0.15) is 0 Å². The van der Waals surface area contributed by atoms with Crippen molar-refractivity contribution >= 4 is 17.8 Å². The first-order valence-electron chi connectivity index (χ1n) is 9.63. The van der Waals surface area contributed by atoms with Crippen LogP contribution in [0.5, 0.6) is 0 Å². The highest BCUT2D eigenvalue weighted by atomic mass is 16.5. The van der Waals surface area contributed by atoms with Crippen molar-refractivity contribution in [2.45, 2.75) is 72.4 Å². The molecule has 2 rings (SSSR count). The van der Waals surface area contributed by atoms with Crippen LogP contribution in [0.2, 0.25) is 0 Å². The van der Waals surface area contributed by atoms with Gasteiger partial charge in [0.2, 0.25) is 0 Å². The topological polar surface area (TPSA) is 97.5 Å². The Labute approximate surface area is 160 Å². The second-order valence-electron chi connectivity index (χ2n) is 7.27. The van der Waals surface area contributed by atoms with Gasteiger partial charge in [0.25, 0.3) is 5.91 Å². The summed E-state index contributed by atoms with van der Waals surface area (Å²) in [4.78, 5) is 39.8. The number of hydrogen-bond acceptors (Lipinski definition) is 5. The van der Waals surface area contributed by atoms with Gasteiger partial charge in [0.15, 0.2) is 6.10 Å². The van der Waals surface area contributed by atoms with Crippen LogP contribution in [-0.2, 0) is 14.3 Å². The number of hydrogen-bond donors (Lipinski definition) is 2. The monoisotopic (exact) mass is 378 g/mol. The van der Waals surface area contributed by atoms with E-state index in [9.17, 15) is 14.4 Å². The van der Waals surface area contributed by atoms with Crippen LogP contribution in [0.4, 0.5) is 0 Å². The molecular formula is C20H30N2O5. The molecule has 0 unspecified atom stereocenters. The van der Waals surface area contributed by atoms with Gasteiger partial charge < -0.3 is 19.8 Å². The number of aromatic nitrogens is 1. The molecule has 0 saturated heterocycles. The summed E-state index contributed by atoms with van der Waals surface area (Å²) in [6, 6.07) is 0.122. The van der Waals surface area contributed by atoms with E-state index in [1.165, 1.54) is 6.42 Å². The number of nitrogens with one attached hydrogen (secondary N) is 2. The van der Waals surface area contributed by atoms with Gasteiger partial charge in [0.05, 0.1) is 12.2 Å². The van der Waals surface area contributed by atoms with Crippen LogP contribution in [0.1, 0.15) is 78.6 Å². The maximum absolute atomic E-state index is 12.5. The van der Waals surface area contributed by atoms with E-state index in [2.05, 4.69) is 17.2 Å². The minimum absolute atomic E-state index is 0.122. The Kier molecular flexibility index (Phi) is 7.05. The fraction of sp³-hybridized carbons (Fsp3) is 0.650. The molecule has 0 aliphatic heterocycles. The summed E-state index contributed by atoms with van der Waals surface area (Å²) >= 11 is 0. The molecule has 150 valence electrons. The Morgan fingerprint density at radius 3 is 2.48 bits per heavy atom. The number of aromatic amines is 1. The fourth-order valence-corrected chi connectivity index (χ4v) is 3.57. The summed E-state index contributed by atoms with van der Waals surface area (Å²) in [5.74, 6) is -1.02. The van der Waals surface area contributed by atoms with Crippen molar-refractivity contribution in [3.8, 4) is 0 Å². The first kappa shape index (κ1) is 21.0. The largest absolute Gasteiger partial charge is 0.462 e. The van der Waals surface area contributed by atoms with Crippen molar-refractivity contribution in [2.75, 3.05) is 6.61 Å². The van der Waals surface area contributed by atoms with E-state index < -0.39 is 18.0 Å². The minimum atomic E-state index is -0.916. The van der Waals surface area contributed by atoms with E-state index >= 15 is 0 Å². The number of esters is 2. The fourth-order valence-electron chi connectivity index (χ4n) is 3.57. The van der Waals surface area contributed by atoms with Crippen molar-refractivity contribution in [3.63, 3.8) is 0 Å². The van der Waals surface area contributed by atoms with Gasteiger partial charge in [-0.05, 0) is 52.0 Å². The van der Waals surface area contributed by atoms with Crippen LogP contribution in [0.3, 0.4) is 0 Å². The maximum atomic E-state index is 12.5. The third-order valence-electron chi connectivity index (χ3n) is 5.21. The lowest BCUT2D eigenvalue weighted by Gasteiger charge is -2.30. The van der Waals surface area contributed by atoms with Crippen LogP contribution < -0.4 is 5.32 Å². The third kappa shape index (κ3) is 4.90. The second kappa shape index (κ2) is 9.06. The summed E-state index contributed by atoms with van der Waals surface area (Å²) in [6.45, 7) is 9.00. The van der Waals surface area contributed by atoms with E-state index in [0.717, 1.165) is 19.3 Å². The smallest absolute Gasteiger partial charge is 0.355 e. The van der Waals surface area contributed by atoms with E-state index in [1.54, 1.807) is 27.7 Å². The zero-order valence-corrected chi connectivity index (χ0v) is 16.8. The Hall–Kier alpha value is -2.31. The number of H-pyrrole nitrogens is 1. The maximum Gasteiger partial charge on any atom is 0.355 e. The van der Waals surface area contributed by atoms with Gasteiger partial charge in [-0.1, -0.05) is 19.8 Å². The Bertz CT molecular complexity index is 709. The predicted molar refractivity (Wildman–Crippen MR) is 101 cm³/mol. The van der Waals surface area contributed by atoms with Crippen molar-refractivity contribution in [1.29, 1.82) is 0 Å². The zero-order chi connectivity index (χ0) is 20.1. The van der Waals surface area contributed by atoms with Gasteiger partial charge in [-0.3, -0.25) is 4.79 Å². The summed E-state index contributed by atoms with van der Waals surface area (Å²) in [7, 11) is 0. The molecule has 0 bridgehead atoms. The molecule has 0 radical (unpaired) electrons. The Morgan fingerprint density at radius 1 is 1.19 bits per heavy atom. The van der Waals surface area contributed by atoms with E-state index in [4.69, 9.17) is 9.47 Å². The highest BCUT2D eigenvalue weighted by Crippen LogP contribution is 2.24. The van der Waals surface area contributed by atoms with Gasteiger partial charge in [0.1, 0.15) is 5.69 Å². The number of carbonyl (C=O) groups is 3. The van der Waals surface area contributed by atoms with Crippen molar-refractivity contribution < 1.29 is 23.9 Å². The van der Waals surface area contributed by atoms with Gasteiger partial charge in [-0.25, -0.2) is 9.59 Å². The second-order valence-corrected chi connectivity index (χ2v) is 7.27. The molecule has 0 spiro atoms. The van der Waals surface area contributed by atoms with E-state index in [-0.39, 0.29) is 24.2 Å². The third-order valence-corrected chi connectivity index (χ3v) is 5.21. The highest BCUT2D eigenvalue weighted by molar-refractivity contribution is 5.99. The lowest BCUT2D eigenvalue weighted by atomic mass is 9.86. The molecule has 0 aromatic carbocycles. The number of carbonyl (C=O) groups excluding carboxylic acids is 3. The Balaban J connectivity index is 2.02. The van der Waals surface area contributed by atoms with Gasteiger partial charge in [0, 0.05) is 11.7 Å². The van der Waals surface area contributed by atoms with Crippen LogP contribution in [-0.4, -0.2) is 41.6 Å². The lowest BCUT2D eigenvalue weighted by Crippen LogP contribution is -2.46. The molecule has 3 atom stereocenters. The summed E-state index contributed by atoms with van der Waals surface area (Å²) in [6.07, 6.45) is 3.41. The molecule has 1 aromatic heterocycles. The first-order valence-corrected chi connectivity index (χ1v) is 9.63. The van der Waals surface area contributed by atoms with Crippen molar-refractivity contribution in [2.24, 2.45) is 5.92 Å². The van der Waals surface area contributed by atoms with Gasteiger partial charge >= 0.3 is 11.9 Å². The molecule has 1 fully saturated rings. The number of rotatable bonds is 6. The van der Waals surface area contributed by atoms with Crippen molar-refractivity contribution in [3.05, 3.63) is 22.5 Å². The van der Waals surface area contributed by atoms with Crippen LogP contribution >= 0.6 is 0 Å². The quantitative estimate of drug-likeness (QED) is 0.742. The highest BCUT2D eigenvalue weighted by Gasteiger charge is 2.29. The SMILES string of the molecule is CCOC(=O)c1c(C)[nH]c(C(=O)O[C@H](C)C(=O)N[C@@H]2CCCC[C@H]2C)c1C. The number of ether oxygens (including phenoxy) is 2. The average Bonchev–Trinajstić information content (AvgIpc) is 2.91. The average molecular weight is 378 g/mol. The summed E-state index contributed by atoms with van der Waals surface area (Å²) in [5, 5.41) is 2.99. The first-order chi connectivity index (χ1) is 12.8. The van der Waals surface area contributed by atoms with Crippen molar-refractivity contribution in [1.82, 2.24) is 10.3 Å². The minimum Gasteiger partial charge on any atom is -0.462 e. The summed E-state index contributed by atoms with van der Waals surface area (Å²) in [5.41, 5.74) is 1.49. The number of aryl methyl sites for hydroxylation is 1. The van der Waals surface area contributed by atoms with Crippen LogP contribution in [0, 0.1) is 19.8 Å². The zero-order valence-electron chi connectivity index (χ0n) is 16.8. The molecule has 1 heterocycles. The standard InChI is InChI=1S/C20H30N2O5/c1-6-26-19(24)16-12(3)17(21-13(16)4)20(25)27-14(5)18(23)22-15-10-8-7-9-11(15)2/h11,14-15,21H,6-10H2,1-5H3,(H,22,23)/t11-,14-,15-/m1/s1. The molecule has 7 heteroatoms. The van der Waals surface area contributed by atoms with Crippen LogP contribution in [0.15, 0.2) is 0 Å². The molecule has 1 aromatic rings. The molecule has 1 aliphatic carbocycles. The van der Waals surface area contributed by atoms with Crippen LogP contribution in [0.25, 0.3) is 0 Å².